The average molecular weight is 262 g/mol. The topological polar surface area (TPSA) is 24.9 Å². The van der Waals surface area contributed by atoms with Crippen LogP contribution >= 0.6 is 0 Å². The number of nitrogens with one attached hydrogen (secondary N) is 1. The van der Waals surface area contributed by atoms with Crippen molar-refractivity contribution in [2.24, 2.45) is 0 Å². The number of hydrogen-bond acceptors (Lipinski definition) is 2. The zero-order chi connectivity index (χ0) is 13.8. The molecule has 19 heavy (non-hydrogen) atoms. The van der Waals surface area contributed by atoms with Gasteiger partial charge in [0.05, 0.1) is 0 Å². The zero-order valence-electron chi connectivity index (χ0n) is 11.0. The molecule has 0 spiro atoms. The van der Waals surface area contributed by atoms with E-state index in [9.17, 15) is 8.78 Å². The minimum absolute atomic E-state index is 0.266. The van der Waals surface area contributed by atoms with Gasteiger partial charge in [-0.25, -0.2) is 8.78 Å². The highest BCUT2D eigenvalue weighted by Gasteiger charge is 2.18. The second-order valence-electron chi connectivity index (χ2n) is 4.50. The predicted octanol–water partition coefficient (Wildman–Crippen LogP) is 3.17. The van der Waals surface area contributed by atoms with Gasteiger partial charge in [0.2, 0.25) is 0 Å². The first-order chi connectivity index (χ1) is 9.13. The van der Waals surface area contributed by atoms with Crippen LogP contribution in [0.1, 0.15) is 22.7 Å². The third-order valence-corrected chi connectivity index (χ3v) is 3.22. The molecule has 0 bridgehead atoms. The number of aromatic nitrogens is 1. The summed E-state index contributed by atoms with van der Waals surface area (Å²) < 4.78 is 27.6. The standard InChI is InChI=1S/C15H16F2N2/c1-10-3-4-12(15(17)14(10)16)13(18-2)9-11-5-7-19-8-6-11/h3-8,13,18H,9H2,1-2H3. The molecule has 2 aromatic rings. The number of nitrogens with zero attached hydrogens (tertiary/aromatic N) is 1. The molecule has 2 nitrogen and oxygen atoms in total. The second kappa shape index (κ2) is 5.89. The van der Waals surface area contributed by atoms with Crippen LogP contribution in [0.4, 0.5) is 8.78 Å². The molecule has 4 heteroatoms. The van der Waals surface area contributed by atoms with Crippen LogP contribution in [0.2, 0.25) is 0 Å². The number of hydrogen-bond donors (Lipinski definition) is 1. The van der Waals surface area contributed by atoms with E-state index in [0.717, 1.165) is 5.56 Å². The van der Waals surface area contributed by atoms with Gasteiger partial charge in [-0.2, -0.15) is 0 Å². The van der Waals surface area contributed by atoms with Gasteiger partial charge < -0.3 is 5.32 Å². The molecule has 100 valence electrons. The monoisotopic (exact) mass is 262 g/mol. The first kappa shape index (κ1) is 13.6. The van der Waals surface area contributed by atoms with Crippen molar-refractivity contribution in [2.45, 2.75) is 19.4 Å². The lowest BCUT2D eigenvalue weighted by molar-refractivity contribution is 0.469. The van der Waals surface area contributed by atoms with Gasteiger partial charge in [-0.3, -0.25) is 4.98 Å². The smallest absolute Gasteiger partial charge is 0.163 e. The minimum Gasteiger partial charge on any atom is -0.313 e. The molecule has 0 aliphatic rings. The molecule has 0 amide bonds. The molecule has 1 aromatic carbocycles. The molecule has 0 fully saturated rings. The van der Waals surface area contributed by atoms with Crippen molar-refractivity contribution in [3.63, 3.8) is 0 Å². The maximum absolute atomic E-state index is 14.0. The second-order valence-corrected chi connectivity index (χ2v) is 4.50. The highest BCUT2D eigenvalue weighted by atomic mass is 19.2. The van der Waals surface area contributed by atoms with Crippen molar-refractivity contribution in [2.75, 3.05) is 7.05 Å². The Bertz CT molecular complexity index is 556. The summed E-state index contributed by atoms with van der Waals surface area (Å²) in [7, 11) is 1.74. The van der Waals surface area contributed by atoms with Gasteiger partial charge in [0.1, 0.15) is 0 Å². The van der Waals surface area contributed by atoms with E-state index >= 15 is 0 Å². The molecular weight excluding hydrogens is 246 g/mol. The number of halogens is 2. The van der Waals surface area contributed by atoms with Crippen LogP contribution in [0.5, 0.6) is 0 Å². The molecule has 1 N–H and O–H groups in total. The molecule has 0 saturated carbocycles. The highest BCUT2D eigenvalue weighted by Crippen LogP contribution is 2.24. The average Bonchev–Trinajstić information content (AvgIpc) is 2.44. The summed E-state index contributed by atoms with van der Waals surface area (Å²) in [5.41, 5.74) is 1.69. The van der Waals surface area contributed by atoms with E-state index in [1.165, 1.54) is 0 Å². The summed E-state index contributed by atoms with van der Waals surface area (Å²) >= 11 is 0. The van der Waals surface area contributed by atoms with Gasteiger partial charge in [0.15, 0.2) is 11.6 Å². The third kappa shape index (κ3) is 2.96. The van der Waals surface area contributed by atoms with E-state index < -0.39 is 11.6 Å². The first-order valence-electron chi connectivity index (χ1n) is 6.14. The Morgan fingerprint density at radius 3 is 2.42 bits per heavy atom. The molecule has 1 heterocycles. The lowest BCUT2D eigenvalue weighted by Crippen LogP contribution is -2.20. The molecule has 1 aromatic heterocycles. The normalized spacial score (nSPS) is 12.4. The van der Waals surface area contributed by atoms with Gasteiger partial charge >= 0.3 is 0 Å². The largest absolute Gasteiger partial charge is 0.313 e. The van der Waals surface area contributed by atoms with Gasteiger partial charge in [-0.05, 0) is 43.7 Å². The molecular formula is C15H16F2N2. The van der Waals surface area contributed by atoms with Gasteiger partial charge in [-0.1, -0.05) is 12.1 Å². The zero-order valence-corrected chi connectivity index (χ0v) is 11.0. The van der Waals surface area contributed by atoms with Gasteiger partial charge in [0, 0.05) is 24.0 Å². The summed E-state index contributed by atoms with van der Waals surface area (Å²) in [6.45, 7) is 1.55. The first-order valence-corrected chi connectivity index (χ1v) is 6.14. The molecule has 1 unspecified atom stereocenters. The Morgan fingerprint density at radius 1 is 1.11 bits per heavy atom. The Balaban J connectivity index is 2.30. The fraction of sp³-hybridized carbons (Fsp3) is 0.267. The molecule has 2 rings (SSSR count). The lowest BCUT2D eigenvalue weighted by Gasteiger charge is -2.18. The van der Waals surface area contributed by atoms with Crippen LogP contribution in [0.3, 0.4) is 0 Å². The van der Waals surface area contributed by atoms with E-state index in [1.807, 2.05) is 12.1 Å². The highest BCUT2D eigenvalue weighted by molar-refractivity contribution is 5.29. The van der Waals surface area contributed by atoms with Crippen molar-refractivity contribution in [1.29, 1.82) is 0 Å². The Morgan fingerprint density at radius 2 is 1.79 bits per heavy atom. The third-order valence-electron chi connectivity index (χ3n) is 3.22. The maximum Gasteiger partial charge on any atom is 0.163 e. The number of pyridine rings is 1. The van der Waals surface area contributed by atoms with Crippen molar-refractivity contribution in [1.82, 2.24) is 10.3 Å². The van der Waals surface area contributed by atoms with Crippen molar-refractivity contribution in [3.05, 3.63) is 65.0 Å². The summed E-state index contributed by atoms with van der Waals surface area (Å²) in [5, 5.41) is 3.03. The summed E-state index contributed by atoms with van der Waals surface area (Å²) in [4.78, 5) is 3.94. The summed E-state index contributed by atoms with van der Waals surface area (Å²) in [6, 6.07) is 6.71. The lowest BCUT2D eigenvalue weighted by atomic mass is 9.98. The number of benzene rings is 1. The number of likely N-dealkylation sites (N-methyl/N-ethyl adjacent to an activating group) is 1. The fourth-order valence-corrected chi connectivity index (χ4v) is 2.05. The van der Waals surface area contributed by atoms with E-state index in [-0.39, 0.29) is 6.04 Å². The van der Waals surface area contributed by atoms with Crippen LogP contribution in [0.25, 0.3) is 0 Å². The number of rotatable bonds is 4. The SMILES string of the molecule is CNC(Cc1ccncc1)c1ccc(C)c(F)c1F. The molecule has 1 atom stereocenters. The summed E-state index contributed by atoms with van der Waals surface area (Å²) in [6.07, 6.45) is 3.96. The van der Waals surface area contributed by atoms with Crippen LogP contribution < -0.4 is 5.32 Å². The van der Waals surface area contributed by atoms with Gasteiger partial charge in [-0.15, -0.1) is 0 Å². The van der Waals surface area contributed by atoms with Crippen LogP contribution in [-0.2, 0) is 6.42 Å². The Hall–Kier alpha value is -1.81. The van der Waals surface area contributed by atoms with E-state index in [1.54, 1.807) is 38.5 Å². The van der Waals surface area contributed by atoms with Crippen LogP contribution in [-0.4, -0.2) is 12.0 Å². The minimum atomic E-state index is -0.771. The van der Waals surface area contributed by atoms with Crippen LogP contribution in [0, 0.1) is 18.6 Å². The van der Waals surface area contributed by atoms with E-state index in [4.69, 9.17) is 0 Å². The Labute approximate surface area is 111 Å². The maximum atomic E-state index is 14.0. The predicted molar refractivity (Wildman–Crippen MR) is 70.8 cm³/mol. The molecule has 0 aliphatic carbocycles. The van der Waals surface area contributed by atoms with E-state index in [0.29, 0.717) is 17.5 Å². The van der Waals surface area contributed by atoms with Gasteiger partial charge in [0.25, 0.3) is 0 Å². The van der Waals surface area contributed by atoms with Crippen molar-refractivity contribution in [3.8, 4) is 0 Å². The number of aryl methyl sites for hydroxylation is 1. The molecule has 0 radical (unpaired) electrons. The molecule has 0 aliphatic heterocycles. The quantitative estimate of drug-likeness (QED) is 0.915. The summed E-state index contributed by atoms with van der Waals surface area (Å²) in [5.74, 6) is -1.54. The molecule has 0 saturated heterocycles. The van der Waals surface area contributed by atoms with Crippen molar-refractivity contribution < 1.29 is 8.78 Å². The van der Waals surface area contributed by atoms with Crippen molar-refractivity contribution >= 4 is 0 Å². The van der Waals surface area contributed by atoms with Crippen LogP contribution in [0.15, 0.2) is 36.7 Å². The Kier molecular flexibility index (Phi) is 4.22. The van der Waals surface area contributed by atoms with E-state index in [2.05, 4.69) is 10.3 Å². The fourth-order valence-electron chi connectivity index (χ4n) is 2.05.